The zero-order valence-corrected chi connectivity index (χ0v) is 8.88. The van der Waals surface area contributed by atoms with Gasteiger partial charge >= 0.3 is 0 Å². The average molecular weight is 222 g/mol. The number of carbonyl (C=O) groups is 1. The lowest BCUT2D eigenvalue weighted by molar-refractivity contribution is -0.568. The van der Waals surface area contributed by atoms with Gasteiger partial charge in [0, 0.05) is 17.8 Å². The summed E-state index contributed by atoms with van der Waals surface area (Å²) in [7, 11) is 0. The molecule has 1 aromatic carbocycles. The molecule has 86 valence electrons. The Morgan fingerprint density at radius 1 is 1.38 bits per heavy atom. The molecule has 0 aliphatic rings. The number of nitrogens with zero attached hydrogens (tertiary/aromatic N) is 1. The minimum atomic E-state index is -2.03. The van der Waals surface area contributed by atoms with Crippen LogP contribution in [0.3, 0.4) is 0 Å². The predicted molar refractivity (Wildman–Crippen MR) is 55.2 cm³/mol. The first-order chi connectivity index (χ1) is 7.53. The lowest BCUT2D eigenvalue weighted by Gasteiger charge is -2.24. The van der Waals surface area contributed by atoms with Gasteiger partial charge in [0.2, 0.25) is 0 Å². The highest BCUT2D eigenvalue weighted by Crippen LogP contribution is 2.20. The second-order valence-corrected chi connectivity index (χ2v) is 3.59. The molecule has 0 amide bonds. The monoisotopic (exact) mass is 222 g/mol. The number of carboxylic acids is 1. The van der Waals surface area contributed by atoms with Crippen LogP contribution < -0.4 is 5.11 Å². The molecule has 0 N–H and O–H groups in total. The van der Waals surface area contributed by atoms with E-state index < -0.39 is 16.4 Å². The summed E-state index contributed by atoms with van der Waals surface area (Å²) in [6.45, 7) is 1.47. The van der Waals surface area contributed by atoms with Crippen LogP contribution in [0, 0.1) is 10.1 Å². The highest BCUT2D eigenvalue weighted by atomic mass is 16.6. The molecular weight excluding hydrogens is 210 g/mol. The van der Waals surface area contributed by atoms with Crippen molar-refractivity contribution in [3.8, 4) is 0 Å². The van der Waals surface area contributed by atoms with Gasteiger partial charge in [-0.05, 0) is 5.56 Å². The first-order valence-electron chi connectivity index (χ1n) is 4.93. The van der Waals surface area contributed by atoms with E-state index in [4.69, 9.17) is 0 Å². The zero-order chi connectivity index (χ0) is 12.2. The fourth-order valence-corrected chi connectivity index (χ4v) is 1.54. The Morgan fingerprint density at radius 2 is 1.94 bits per heavy atom. The van der Waals surface area contributed by atoms with Crippen LogP contribution in [0.25, 0.3) is 0 Å². The van der Waals surface area contributed by atoms with Gasteiger partial charge in [-0.25, -0.2) is 0 Å². The van der Waals surface area contributed by atoms with E-state index in [-0.39, 0.29) is 12.8 Å². The van der Waals surface area contributed by atoms with Gasteiger partial charge < -0.3 is 9.90 Å². The summed E-state index contributed by atoms with van der Waals surface area (Å²) in [6.07, 6.45) is -0.253. The SMILES string of the molecule is CCC(Cc1ccccc1)(C(=O)[O-])[N+](=O)[O-]. The Bertz CT molecular complexity index is 374. The van der Waals surface area contributed by atoms with Gasteiger partial charge in [0.1, 0.15) is 5.97 Å². The third-order valence-electron chi connectivity index (χ3n) is 2.65. The van der Waals surface area contributed by atoms with Crippen LogP contribution in [0.2, 0.25) is 0 Å². The quantitative estimate of drug-likeness (QED) is 0.533. The maximum Gasteiger partial charge on any atom is 0.264 e. The highest BCUT2D eigenvalue weighted by molar-refractivity contribution is 5.75. The van der Waals surface area contributed by atoms with E-state index in [9.17, 15) is 20.0 Å². The Morgan fingerprint density at radius 3 is 2.31 bits per heavy atom. The molecule has 0 aromatic heterocycles. The predicted octanol–water partition coefficient (Wildman–Crippen LogP) is 0.405. The van der Waals surface area contributed by atoms with E-state index in [0.717, 1.165) is 0 Å². The van der Waals surface area contributed by atoms with E-state index in [1.54, 1.807) is 30.3 Å². The minimum Gasteiger partial charge on any atom is -0.543 e. The molecule has 16 heavy (non-hydrogen) atoms. The van der Waals surface area contributed by atoms with Crippen LogP contribution in [0.15, 0.2) is 30.3 Å². The number of nitro groups is 1. The summed E-state index contributed by atoms with van der Waals surface area (Å²) < 4.78 is 0. The number of aliphatic carboxylic acids is 1. The molecule has 0 radical (unpaired) electrons. The smallest absolute Gasteiger partial charge is 0.264 e. The standard InChI is InChI=1S/C11H13NO4/c1-2-11(10(13)14,12(15)16)8-9-6-4-3-5-7-9/h3-7H,2,8H2,1H3,(H,13,14)/p-1. The molecular formula is C11H12NO4-. The number of hydrogen-bond acceptors (Lipinski definition) is 4. The maximum atomic E-state index is 10.9. The van der Waals surface area contributed by atoms with E-state index in [1.165, 1.54) is 6.92 Å². The van der Waals surface area contributed by atoms with Crippen molar-refractivity contribution in [1.29, 1.82) is 0 Å². The number of carbonyl (C=O) groups excluding carboxylic acids is 1. The summed E-state index contributed by atoms with van der Waals surface area (Å²) in [5.74, 6) is -1.64. The van der Waals surface area contributed by atoms with Crippen LogP contribution in [0.1, 0.15) is 18.9 Å². The molecule has 0 spiro atoms. The second kappa shape index (κ2) is 4.74. The van der Waals surface area contributed by atoms with Crippen molar-refractivity contribution in [2.24, 2.45) is 0 Å². The molecule has 0 fully saturated rings. The van der Waals surface area contributed by atoms with Crippen molar-refractivity contribution >= 4 is 5.97 Å². The van der Waals surface area contributed by atoms with Gasteiger partial charge in [0.25, 0.3) is 5.54 Å². The lowest BCUT2D eigenvalue weighted by Crippen LogP contribution is -2.55. The van der Waals surface area contributed by atoms with E-state index in [1.807, 2.05) is 0 Å². The molecule has 0 aliphatic carbocycles. The van der Waals surface area contributed by atoms with Gasteiger partial charge in [0.15, 0.2) is 0 Å². The Labute approximate surface area is 92.9 Å². The van der Waals surface area contributed by atoms with Crippen molar-refractivity contribution in [3.05, 3.63) is 46.0 Å². The van der Waals surface area contributed by atoms with Gasteiger partial charge in [-0.3, -0.25) is 10.1 Å². The molecule has 5 heteroatoms. The fourth-order valence-electron chi connectivity index (χ4n) is 1.54. The fraction of sp³-hybridized carbons (Fsp3) is 0.364. The number of benzene rings is 1. The number of rotatable bonds is 5. The first-order valence-corrected chi connectivity index (χ1v) is 4.93. The molecule has 5 nitrogen and oxygen atoms in total. The minimum absolute atomic E-state index is 0.1000. The van der Waals surface area contributed by atoms with E-state index in [2.05, 4.69) is 0 Å². The normalized spacial score (nSPS) is 14.1. The maximum absolute atomic E-state index is 10.9. The van der Waals surface area contributed by atoms with Crippen molar-refractivity contribution in [2.45, 2.75) is 25.3 Å². The van der Waals surface area contributed by atoms with Crippen LogP contribution in [-0.2, 0) is 11.2 Å². The van der Waals surface area contributed by atoms with Crippen LogP contribution in [0.4, 0.5) is 0 Å². The molecule has 1 aromatic rings. The van der Waals surface area contributed by atoms with Crippen LogP contribution >= 0.6 is 0 Å². The summed E-state index contributed by atoms with van der Waals surface area (Å²) in [5, 5.41) is 21.8. The molecule has 1 atom stereocenters. The first kappa shape index (κ1) is 12.2. The summed E-state index contributed by atoms with van der Waals surface area (Å²) in [4.78, 5) is 21.1. The lowest BCUT2D eigenvalue weighted by atomic mass is 9.89. The summed E-state index contributed by atoms with van der Waals surface area (Å²) in [6, 6.07) is 8.52. The van der Waals surface area contributed by atoms with Crippen molar-refractivity contribution in [3.63, 3.8) is 0 Å². The molecule has 0 saturated carbocycles. The largest absolute Gasteiger partial charge is 0.543 e. The number of carboxylic acid groups (broad SMARTS) is 1. The van der Waals surface area contributed by atoms with E-state index >= 15 is 0 Å². The molecule has 0 saturated heterocycles. The van der Waals surface area contributed by atoms with Gasteiger partial charge in [-0.15, -0.1) is 0 Å². The summed E-state index contributed by atoms with van der Waals surface area (Å²) >= 11 is 0. The van der Waals surface area contributed by atoms with Crippen molar-refractivity contribution in [1.82, 2.24) is 0 Å². The van der Waals surface area contributed by atoms with Crippen LogP contribution in [0.5, 0.6) is 0 Å². The van der Waals surface area contributed by atoms with Crippen LogP contribution in [-0.4, -0.2) is 16.4 Å². The zero-order valence-electron chi connectivity index (χ0n) is 8.88. The Hall–Kier alpha value is -1.91. The second-order valence-electron chi connectivity index (χ2n) is 3.59. The molecule has 0 heterocycles. The third-order valence-corrected chi connectivity index (χ3v) is 2.65. The molecule has 1 rings (SSSR count). The topological polar surface area (TPSA) is 83.3 Å². The number of hydrogen-bond donors (Lipinski definition) is 0. The van der Waals surface area contributed by atoms with Gasteiger partial charge in [0.05, 0.1) is 0 Å². The third kappa shape index (κ3) is 2.18. The molecule has 0 aliphatic heterocycles. The summed E-state index contributed by atoms with van der Waals surface area (Å²) in [5.41, 5.74) is -1.41. The van der Waals surface area contributed by atoms with Gasteiger partial charge in [-0.1, -0.05) is 37.3 Å². The van der Waals surface area contributed by atoms with Crippen molar-refractivity contribution < 1.29 is 14.8 Å². The average Bonchev–Trinajstić information content (AvgIpc) is 2.26. The Kier molecular flexibility index (Phi) is 3.60. The highest BCUT2D eigenvalue weighted by Gasteiger charge is 2.42. The molecule has 0 bridgehead atoms. The van der Waals surface area contributed by atoms with E-state index in [0.29, 0.717) is 5.56 Å². The Balaban J connectivity index is 3.04. The molecule has 1 unspecified atom stereocenters. The van der Waals surface area contributed by atoms with Gasteiger partial charge in [-0.2, -0.15) is 0 Å². The van der Waals surface area contributed by atoms with Crippen molar-refractivity contribution in [2.75, 3.05) is 0 Å².